The minimum Gasteiger partial charge on any atom is -0.493 e. The van der Waals surface area contributed by atoms with E-state index in [9.17, 15) is 13.2 Å². The summed E-state index contributed by atoms with van der Waals surface area (Å²) >= 11 is 0. The summed E-state index contributed by atoms with van der Waals surface area (Å²) in [5.74, 6) is -0.173. The molecule has 0 radical (unpaired) electrons. The molecule has 0 spiro atoms. The molecule has 0 saturated carbocycles. The number of carbonyl (C=O) groups is 1. The number of sulfonamides is 1. The highest BCUT2D eigenvalue weighted by atomic mass is 32.2. The van der Waals surface area contributed by atoms with E-state index in [1.807, 2.05) is 6.07 Å². The van der Waals surface area contributed by atoms with E-state index < -0.39 is 16.0 Å². The highest BCUT2D eigenvalue weighted by Crippen LogP contribution is 2.32. The van der Waals surface area contributed by atoms with Crippen LogP contribution < -0.4 is 9.46 Å². The largest absolute Gasteiger partial charge is 0.493 e. The number of benzene rings is 2. The third-order valence-corrected chi connectivity index (χ3v) is 5.23. The molecule has 1 heterocycles. The third-order valence-electron chi connectivity index (χ3n) is 3.85. The van der Waals surface area contributed by atoms with Gasteiger partial charge in [0.05, 0.1) is 17.2 Å². The number of hydrogen-bond donors (Lipinski definition) is 2. The minimum absolute atomic E-state index is 0.0144. The van der Waals surface area contributed by atoms with Crippen molar-refractivity contribution in [2.75, 3.05) is 11.3 Å². The normalized spacial score (nSPS) is 13.2. The van der Waals surface area contributed by atoms with Gasteiger partial charge in [0.25, 0.3) is 10.0 Å². The van der Waals surface area contributed by atoms with Gasteiger partial charge in [-0.2, -0.15) is 0 Å². The van der Waals surface area contributed by atoms with E-state index in [0.29, 0.717) is 30.9 Å². The Morgan fingerprint density at radius 1 is 1.17 bits per heavy atom. The van der Waals surface area contributed by atoms with Gasteiger partial charge in [0.1, 0.15) is 5.75 Å². The Morgan fingerprint density at radius 2 is 1.92 bits per heavy atom. The zero-order chi connectivity index (χ0) is 17.2. The van der Waals surface area contributed by atoms with Crippen molar-refractivity contribution in [2.24, 2.45) is 0 Å². The molecule has 0 bridgehead atoms. The van der Waals surface area contributed by atoms with Gasteiger partial charge in [-0.05, 0) is 36.2 Å². The molecule has 6 nitrogen and oxygen atoms in total. The topological polar surface area (TPSA) is 92.7 Å². The Balaban J connectivity index is 1.78. The van der Waals surface area contributed by atoms with E-state index >= 15 is 0 Å². The predicted molar refractivity (Wildman–Crippen MR) is 88.8 cm³/mol. The van der Waals surface area contributed by atoms with Crippen LogP contribution in [0.3, 0.4) is 0 Å². The highest BCUT2D eigenvalue weighted by Gasteiger charge is 2.20. The fourth-order valence-corrected chi connectivity index (χ4v) is 3.70. The van der Waals surface area contributed by atoms with Crippen molar-refractivity contribution in [1.82, 2.24) is 0 Å². The smallest absolute Gasteiger partial charge is 0.303 e. The van der Waals surface area contributed by atoms with Crippen LogP contribution in [-0.2, 0) is 27.7 Å². The molecule has 126 valence electrons. The zero-order valence-electron chi connectivity index (χ0n) is 12.9. The van der Waals surface area contributed by atoms with Gasteiger partial charge in [0, 0.05) is 18.4 Å². The summed E-state index contributed by atoms with van der Waals surface area (Å²) in [6.07, 6.45) is 1.05. The molecule has 1 aliphatic heterocycles. The Morgan fingerprint density at radius 3 is 2.62 bits per heavy atom. The molecule has 0 fully saturated rings. The Labute approximate surface area is 140 Å². The maximum Gasteiger partial charge on any atom is 0.303 e. The lowest BCUT2D eigenvalue weighted by Gasteiger charge is -2.11. The summed E-state index contributed by atoms with van der Waals surface area (Å²) in [5.41, 5.74) is 2.17. The van der Waals surface area contributed by atoms with Crippen LogP contribution in [0, 0.1) is 0 Å². The molecule has 3 rings (SSSR count). The van der Waals surface area contributed by atoms with Gasteiger partial charge < -0.3 is 9.84 Å². The van der Waals surface area contributed by atoms with Crippen molar-refractivity contribution in [1.29, 1.82) is 0 Å². The molecule has 24 heavy (non-hydrogen) atoms. The average Bonchev–Trinajstić information content (AvgIpc) is 3.03. The number of nitrogens with one attached hydrogen (secondary N) is 1. The van der Waals surface area contributed by atoms with Crippen LogP contribution in [0.5, 0.6) is 5.75 Å². The second kappa shape index (κ2) is 6.52. The van der Waals surface area contributed by atoms with Gasteiger partial charge in [-0.3, -0.25) is 9.52 Å². The van der Waals surface area contributed by atoms with E-state index in [1.54, 1.807) is 24.3 Å². The molecule has 0 saturated heterocycles. The Bertz CT molecular complexity index is 859. The number of fused-ring (bicyclic) bond motifs is 1. The van der Waals surface area contributed by atoms with Crippen molar-refractivity contribution in [2.45, 2.75) is 24.2 Å². The first-order chi connectivity index (χ1) is 11.5. The summed E-state index contributed by atoms with van der Waals surface area (Å²) in [6.45, 7) is 0.548. The predicted octanol–water partition coefficient (Wildman–Crippen LogP) is 2.44. The number of anilines is 1. The standard InChI is InChI=1S/C17H17NO5S/c19-17(20)9-6-12-4-7-13(8-5-12)24(21,22)18-15-2-1-3-16-14(15)10-11-23-16/h1-5,7-8,18H,6,9-11H2,(H,19,20). The van der Waals surface area contributed by atoms with E-state index in [2.05, 4.69) is 4.72 Å². The first-order valence-electron chi connectivity index (χ1n) is 7.54. The van der Waals surface area contributed by atoms with Gasteiger partial charge in [0.15, 0.2) is 0 Å². The van der Waals surface area contributed by atoms with Crippen LogP contribution in [-0.4, -0.2) is 26.1 Å². The van der Waals surface area contributed by atoms with E-state index in [1.165, 1.54) is 12.1 Å². The molecule has 2 aromatic carbocycles. The van der Waals surface area contributed by atoms with Crippen molar-refractivity contribution >= 4 is 21.7 Å². The number of carboxylic acids is 1. The van der Waals surface area contributed by atoms with Gasteiger partial charge in [-0.25, -0.2) is 8.42 Å². The first kappa shape index (κ1) is 16.3. The number of rotatable bonds is 6. The SMILES string of the molecule is O=C(O)CCc1ccc(S(=O)(=O)Nc2cccc3c2CCO3)cc1. The summed E-state index contributed by atoms with van der Waals surface area (Å²) in [6, 6.07) is 11.5. The molecule has 2 aromatic rings. The van der Waals surface area contributed by atoms with Gasteiger partial charge in [-0.15, -0.1) is 0 Å². The molecule has 0 aromatic heterocycles. The summed E-state index contributed by atoms with van der Waals surface area (Å²) in [4.78, 5) is 10.7. The van der Waals surface area contributed by atoms with Gasteiger partial charge in [-0.1, -0.05) is 18.2 Å². The molecule has 0 amide bonds. The molecule has 2 N–H and O–H groups in total. The Hall–Kier alpha value is -2.54. The average molecular weight is 347 g/mol. The fraction of sp³-hybridized carbons (Fsp3) is 0.235. The summed E-state index contributed by atoms with van der Waals surface area (Å²) in [7, 11) is -3.70. The van der Waals surface area contributed by atoms with E-state index in [0.717, 1.165) is 11.1 Å². The van der Waals surface area contributed by atoms with Crippen LogP contribution >= 0.6 is 0 Å². The Kier molecular flexibility index (Phi) is 4.44. The molecule has 0 aliphatic carbocycles. The molecular formula is C17H17NO5S. The molecular weight excluding hydrogens is 330 g/mol. The summed E-state index contributed by atoms with van der Waals surface area (Å²) in [5, 5.41) is 8.68. The van der Waals surface area contributed by atoms with Crippen molar-refractivity contribution in [3.8, 4) is 5.75 Å². The highest BCUT2D eigenvalue weighted by molar-refractivity contribution is 7.92. The first-order valence-corrected chi connectivity index (χ1v) is 9.02. The third kappa shape index (κ3) is 3.51. The van der Waals surface area contributed by atoms with Crippen molar-refractivity contribution < 1.29 is 23.1 Å². The lowest BCUT2D eigenvalue weighted by molar-refractivity contribution is -0.136. The van der Waals surface area contributed by atoms with Crippen LogP contribution in [0.25, 0.3) is 0 Å². The summed E-state index contributed by atoms with van der Waals surface area (Å²) < 4.78 is 33.1. The molecule has 7 heteroatoms. The fourth-order valence-electron chi connectivity index (χ4n) is 2.61. The van der Waals surface area contributed by atoms with Crippen LogP contribution in [0.1, 0.15) is 17.5 Å². The monoisotopic (exact) mass is 347 g/mol. The van der Waals surface area contributed by atoms with Crippen LogP contribution in [0.2, 0.25) is 0 Å². The van der Waals surface area contributed by atoms with Crippen LogP contribution in [0.4, 0.5) is 5.69 Å². The molecule has 0 atom stereocenters. The molecule has 1 aliphatic rings. The minimum atomic E-state index is -3.70. The maximum atomic E-state index is 12.5. The maximum absolute atomic E-state index is 12.5. The van der Waals surface area contributed by atoms with Gasteiger partial charge in [0.2, 0.25) is 0 Å². The van der Waals surface area contributed by atoms with E-state index in [-0.39, 0.29) is 11.3 Å². The van der Waals surface area contributed by atoms with Crippen molar-refractivity contribution in [3.05, 3.63) is 53.6 Å². The second-order valence-electron chi connectivity index (χ2n) is 5.52. The van der Waals surface area contributed by atoms with Gasteiger partial charge >= 0.3 is 5.97 Å². The second-order valence-corrected chi connectivity index (χ2v) is 7.21. The zero-order valence-corrected chi connectivity index (χ0v) is 13.7. The van der Waals surface area contributed by atoms with Crippen LogP contribution in [0.15, 0.2) is 47.4 Å². The number of ether oxygens (including phenoxy) is 1. The molecule has 0 unspecified atom stereocenters. The number of aliphatic carboxylic acids is 1. The number of carboxylic acid groups (broad SMARTS) is 1. The lowest BCUT2D eigenvalue weighted by Crippen LogP contribution is -2.14. The van der Waals surface area contributed by atoms with E-state index in [4.69, 9.17) is 9.84 Å². The number of hydrogen-bond acceptors (Lipinski definition) is 4. The van der Waals surface area contributed by atoms with Crippen molar-refractivity contribution in [3.63, 3.8) is 0 Å². The lowest BCUT2D eigenvalue weighted by atomic mass is 10.1. The number of aryl methyl sites for hydroxylation is 1. The quantitative estimate of drug-likeness (QED) is 0.837.